The van der Waals surface area contributed by atoms with Crippen molar-refractivity contribution in [3.05, 3.63) is 36.2 Å². The van der Waals surface area contributed by atoms with E-state index in [9.17, 15) is 4.39 Å². The van der Waals surface area contributed by atoms with Crippen molar-refractivity contribution in [3.8, 4) is 0 Å². The molecule has 3 heteroatoms. The van der Waals surface area contributed by atoms with Gasteiger partial charge in [0.05, 0.1) is 11.4 Å². The Bertz CT molecular complexity index is 321. The molecular formula is C10H13FN2. The maximum atomic E-state index is 12.9. The lowest BCUT2D eigenvalue weighted by molar-refractivity contribution is 0.633. The fourth-order valence-corrected chi connectivity index (χ4v) is 0.937. The van der Waals surface area contributed by atoms with E-state index in [1.807, 2.05) is 6.92 Å². The van der Waals surface area contributed by atoms with E-state index in [1.165, 1.54) is 6.07 Å². The van der Waals surface area contributed by atoms with Gasteiger partial charge in [-0.1, -0.05) is 18.2 Å². The van der Waals surface area contributed by atoms with Crippen LogP contribution in [-0.4, -0.2) is 6.54 Å². The molecule has 0 saturated heterocycles. The molecule has 0 radical (unpaired) electrons. The molecule has 1 aromatic carbocycles. The molecule has 0 amide bonds. The zero-order chi connectivity index (χ0) is 9.84. The Labute approximate surface area is 77.3 Å². The SMILES string of the molecule is C=C(C)CNc1cccc(F)c1N. The summed E-state index contributed by atoms with van der Waals surface area (Å²) in [5.74, 6) is -0.397. The average molecular weight is 180 g/mol. The summed E-state index contributed by atoms with van der Waals surface area (Å²) < 4.78 is 12.9. The van der Waals surface area contributed by atoms with Gasteiger partial charge in [-0.3, -0.25) is 0 Å². The molecule has 0 bridgehead atoms. The molecule has 2 nitrogen and oxygen atoms in total. The summed E-state index contributed by atoms with van der Waals surface area (Å²) >= 11 is 0. The van der Waals surface area contributed by atoms with Gasteiger partial charge in [-0.15, -0.1) is 0 Å². The van der Waals surface area contributed by atoms with Crippen LogP contribution in [0.4, 0.5) is 15.8 Å². The third-order valence-electron chi connectivity index (χ3n) is 1.63. The molecule has 0 aliphatic carbocycles. The third-order valence-corrected chi connectivity index (χ3v) is 1.63. The molecule has 0 saturated carbocycles. The average Bonchev–Trinajstić information content (AvgIpc) is 2.07. The topological polar surface area (TPSA) is 38.0 Å². The summed E-state index contributed by atoms with van der Waals surface area (Å²) in [5, 5.41) is 2.99. The first-order valence-electron chi connectivity index (χ1n) is 4.03. The molecule has 0 unspecified atom stereocenters. The minimum atomic E-state index is -0.397. The monoisotopic (exact) mass is 180 g/mol. The quantitative estimate of drug-likeness (QED) is 0.553. The highest BCUT2D eigenvalue weighted by molar-refractivity contribution is 5.66. The van der Waals surface area contributed by atoms with E-state index in [4.69, 9.17) is 5.73 Å². The maximum Gasteiger partial charge on any atom is 0.148 e. The van der Waals surface area contributed by atoms with E-state index in [1.54, 1.807) is 12.1 Å². The molecule has 0 atom stereocenters. The maximum absolute atomic E-state index is 12.9. The lowest BCUT2D eigenvalue weighted by atomic mass is 10.2. The van der Waals surface area contributed by atoms with E-state index in [0.29, 0.717) is 12.2 Å². The Kier molecular flexibility index (Phi) is 2.90. The van der Waals surface area contributed by atoms with Crippen molar-refractivity contribution >= 4 is 11.4 Å². The van der Waals surface area contributed by atoms with E-state index in [2.05, 4.69) is 11.9 Å². The molecular weight excluding hydrogens is 167 g/mol. The van der Waals surface area contributed by atoms with Crippen molar-refractivity contribution in [1.82, 2.24) is 0 Å². The largest absolute Gasteiger partial charge is 0.395 e. The third kappa shape index (κ3) is 2.47. The molecule has 1 rings (SSSR count). The Morgan fingerprint density at radius 2 is 2.31 bits per heavy atom. The van der Waals surface area contributed by atoms with Gasteiger partial charge in [0.2, 0.25) is 0 Å². The van der Waals surface area contributed by atoms with Gasteiger partial charge >= 0.3 is 0 Å². The van der Waals surface area contributed by atoms with Gasteiger partial charge in [0.15, 0.2) is 0 Å². The van der Waals surface area contributed by atoms with E-state index < -0.39 is 5.82 Å². The van der Waals surface area contributed by atoms with Crippen LogP contribution < -0.4 is 11.1 Å². The van der Waals surface area contributed by atoms with Crippen LogP contribution in [0, 0.1) is 5.82 Å². The van der Waals surface area contributed by atoms with Crippen LogP contribution in [0.2, 0.25) is 0 Å². The zero-order valence-corrected chi connectivity index (χ0v) is 7.60. The van der Waals surface area contributed by atoms with Crippen molar-refractivity contribution < 1.29 is 4.39 Å². The number of halogens is 1. The van der Waals surface area contributed by atoms with E-state index >= 15 is 0 Å². The van der Waals surface area contributed by atoms with Crippen LogP contribution in [0.15, 0.2) is 30.4 Å². The van der Waals surface area contributed by atoms with Gasteiger partial charge in [-0.2, -0.15) is 0 Å². The predicted octanol–water partition coefficient (Wildman–Crippen LogP) is 2.40. The highest BCUT2D eigenvalue weighted by Crippen LogP contribution is 2.20. The first kappa shape index (κ1) is 9.58. The second-order valence-corrected chi connectivity index (χ2v) is 3.01. The summed E-state index contributed by atoms with van der Waals surface area (Å²) in [5.41, 5.74) is 7.25. The first-order valence-corrected chi connectivity index (χ1v) is 4.03. The van der Waals surface area contributed by atoms with Crippen molar-refractivity contribution in [2.75, 3.05) is 17.6 Å². The summed E-state index contributed by atoms with van der Waals surface area (Å²) in [4.78, 5) is 0. The highest BCUT2D eigenvalue weighted by atomic mass is 19.1. The fraction of sp³-hybridized carbons (Fsp3) is 0.200. The number of hydrogen-bond acceptors (Lipinski definition) is 2. The normalized spacial score (nSPS) is 9.69. The van der Waals surface area contributed by atoms with Crippen LogP contribution in [0.5, 0.6) is 0 Å². The summed E-state index contributed by atoms with van der Waals surface area (Å²) in [6, 6.07) is 4.69. The highest BCUT2D eigenvalue weighted by Gasteiger charge is 2.02. The van der Waals surface area contributed by atoms with Crippen LogP contribution in [0.3, 0.4) is 0 Å². The first-order chi connectivity index (χ1) is 6.11. The summed E-state index contributed by atoms with van der Waals surface area (Å²) in [7, 11) is 0. The van der Waals surface area contributed by atoms with Crippen LogP contribution >= 0.6 is 0 Å². The molecule has 0 spiro atoms. The Balaban J connectivity index is 2.77. The van der Waals surface area contributed by atoms with Gasteiger partial charge in [0, 0.05) is 6.54 Å². The van der Waals surface area contributed by atoms with E-state index in [0.717, 1.165) is 5.57 Å². The second kappa shape index (κ2) is 3.94. The summed E-state index contributed by atoms with van der Waals surface area (Å²) in [6.07, 6.45) is 0. The van der Waals surface area contributed by atoms with Crippen LogP contribution in [0.1, 0.15) is 6.92 Å². The van der Waals surface area contributed by atoms with Gasteiger partial charge in [-0.05, 0) is 19.1 Å². The second-order valence-electron chi connectivity index (χ2n) is 3.01. The molecule has 1 aromatic rings. The molecule has 0 aliphatic rings. The molecule has 3 N–H and O–H groups in total. The zero-order valence-electron chi connectivity index (χ0n) is 7.60. The number of anilines is 2. The van der Waals surface area contributed by atoms with Crippen molar-refractivity contribution in [2.45, 2.75) is 6.92 Å². The van der Waals surface area contributed by atoms with Crippen molar-refractivity contribution in [1.29, 1.82) is 0 Å². The van der Waals surface area contributed by atoms with Gasteiger partial charge in [0.25, 0.3) is 0 Å². The number of benzene rings is 1. The fourth-order valence-electron chi connectivity index (χ4n) is 0.937. The summed E-state index contributed by atoms with van der Waals surface area (Å²) in [6.45, 7) is 6.22. The molecule has 0 heterocycles. The number of para-hydroxylation sites is 1. The molecule has 70 valence electrons. The minimum absolute atomic E-state index is 0.156. The number of nitrogens with two attached hydrogens (primary N) is 1. The van der Waals surface area contributed by atoms with Crippen molar-refractivity contribution in [3.63, 3.8) is 0 Å². The predicted molar refractivity (Wildman–Crippen MR) is 54.1 cm³/mol. The number of nitrogen functional groups attached to an aromatic ring is 1. The van der Waals surface area contributed by atoms with Crippen molar-refractivity contribution in [2.24, 2.45) is 0 Å². The Hall–Kier alpha value is -1.51. The Morgan fingerprint density at radius 1 is 1.62 bits per heavy atom. The van der Waals surface area contributed by atoms with Gasteiger partial charge < -0.3 is 11.1 Å². The van der Waals surface area contributed by atoms with Crippen LogP contribution in [-0.2, 0) is 0 Å². The van der Waals surface area contributed by atoms with Gasteiger partial charge in [-0.25, -0.2) is 4.39 Å². The number of hydrogen-bond donors (Lipinski definition) is 2. The standard InChI is InChI=1S/C10H13FN2/c1-7(2)6-13-9-5-3-4-8(11)10(9)12/h3-5,13H,1,6,12H2,2H3. The molecule has 13 heavy (non-hydrogen) atoms. The molecule has 0 aliphatic heterocycles. The molecule has 0 fully saturated rings. The van der Waals surface area contributed by atoms with Crippen LogP contribution in [0.25, 0.3) is 0 Å². The van der Waals surface area contributed by atoms with Gasteiger partial charge in [0.1, 0.15) is 5.82 Å². The number of nitrogens with one attached hydrogen (secondary N) is 1. The minimum Gasteiger partial charge on any atom is -0.395 e. The number of rotatable bonds is 3. The smallest absolute Gasteiger partial charge is 0.148 e. The van der Waals surface area contributed by atoms with E-state index in [-0.39, 0.29) is 5.69 Å². The lowest BCUT2D eigenvalue weighted by Gasteiger charge is -2.08. The molecule has 0 aromatic heterocycles. The lowest BCUT2D eigenvalue weighted by Crippen LogP contribution is -2.05. The Morgan fingerprint density at radius 3 is 2.92 bits per heavy atom.